The number of hydrogen-bond donors (Lipinski definition) is 1. The maximum absolute atomic E-state index is 13.2. The maximum atomic E-state index is 13.2. The highest BCUT2D eigenvalue weighted by molar-refractivity contribution is 5.77. The number of carboxylic acid groups (broad SMARTS) is 1. The molecule has 0 aliphatic carbocycles. The van der Waals surface area contributed by atoms with Crippen LogP contribution in [0.25, 0.3) is 11.1 Å². The van der Waals surface area contributed by atoms with Gasteiger partial charge in [0.15, 0.2) is 0 Å². The molecule has 20 heavy (non-hydrogen) atoms. The summed E-state index contributed by atoms with van der Waals surface area (Å²) in [6, 6.07) is 13.6. The fourth-order valence-corrected chi connectivity index (χ4v) is 2.36. The quantitative estimate of drug-likeness (QED) is 0.900. The number of rotatable bonds is 4. The van der Waals surface area contributed by atoms with E-state index < -0.39 is 11.9 Å². The molecule has 0 aliphatic heterocycles. The second kappa shape index (κ2) is 5.87. The number of carboxylic acids is 1. The van der Waals surface area contributed by atoms with Crippen molar-refractivity contribution in [3.8, 4) is 11.1 Å². The molecule has 0 radical (unpaired) electrons. The Balaban J connectivity index is 2.32. The van der Waals surface area contributed by atoms with Gasteiger partial charge in [-0.05, 0) is 34.7 Å². The Kier molecular flexibility index (Phi) is 4.18. The van der Waals surface area contributed by atoms with Gasteiger partial charge in [-0.2, -0.15) is 0 Å². The van der Waals surface area contributed by atoms with Gasteiger partial charge >= 0.3 is 5.97 Å². The number of benzene rings is 2. The van der Waals surface area contributed by atoms with Crippen LogP contribution in [0.3, 0.4) is 0 Å². The minimum Gasteiger partial charge on any atom is -0.481 e. The van der Waals surface area contributed by atoms with Crippen molar-refractivity contribution < 1.29 is 14.3 Å². The first-order chi connectivity index (χ1) is 9.49. The Morgan fingerprint density at radius 3 is 2.20 bits per heavy atom. The van der Waals surface area contributed by atoms with Gasteiger partial charge in [-0.25, -0.2) is 4.39 Å². The lowest BCUT2D eigenvalue weighted by Gasteiger charge is -2.17. The van der Waals surface area contributed by atoms with Gasteiger partial charge in [-0.15, -0.1) is 0 Å². The fraction of sp³-hybridized carbons (Fsp3) is 0.235. The standard InChI is InChI=1S/C17H17FO2/c1-11(2)16(17(19)20)13-8-6-12(7-9-13)14-4-3-5-15(18)10-14/h3-11,16H,1-2H3,(H,19,20). The van der Waals surface area contributed by atoms with E-state index in [1.807, 2.05) is 32.0 Å². The fourth-order valence-electron chi connectivity index (χ4n) is 2.36. The molecular formula is C17H17FO2. The molecule has 0 fully saturated rings. The third kappa shape index (κ3) is 3.05. The highest BCUT2D eigenvalue weighted by atomic mass is 19.1. The van der Waals surface area contributed by atoms with Crippen LogP contribution in [0.15, 0.2) is 48.5 Å². The lowest BCUT2D eigenvalue weighted by molar-refractivity contribution is -0.139. The summed E-state index contributed by atoms with van der Waals surface area (Å²) in [6.07, 6.45) is 0. The predicted octanol–water partition coefficient (Wildman–Crippen LogP) is 4.32. The molecule has 0 aromatic heterocycles. The Labute approximate surface area is 117 Å². The van der Waals surface area contributed by atoms with Crippen LogP contribution in [0.5, 0.6) is 0 Å². The van der Waals surface area contributed by atoms with Crippen LogP contribution in [0.2, 0.25) is 0 Å². The van der Waals surface area contributed by atoms with E-state index in [1.165, 1.54) is 12.1 Å². The van der Waals surface area contributed by atoms with Crippen molar-refractivity contribution in [1.82, 2.24) is 0 Å². The van der Waals surface area contributed by atoms with Crippen LogP contribution in [0, 0.1) is 11.7 Å². The van der Waals surface area contributed by atoms with E-state index in [1.54, 1.807) is 18.2 Å². The molecule has 0 saturated carbocycles. The molecule has 2 rings (SSSR count). The smallest absolute Gasteiger partial charge is 0.311 e. The zero-order valence-corrected chi connectivity index (χ0v) is 11.5. The van der Waals surface area contributed by atoms with Gasteiger partial charge in [-0.3, -0.25) is 4.79 Å². The topological polar surface area (TPSA) is 37.3 Å². The monoisotopic (exact) mass is 272 g/mol. The molecular weight excluding hydrogens is 255 g/mol. The van der Waals surface area contributed by atoms with Gasteiger partial charge in [0.05, 0.1) is 5.92 Å². The van der Waals surface area contributed by atoms with Crippen LogP contribution in [0.1, 0.15) is 25.3 Å². The molecule has 2 aromatic carbocycles. The largest absolute Gasteiger partial charge is 0.481 e. The summed E-state index contributed by atoms with van der Waals surface area (Å²) in [5, 5.41) is 9.27. The van der Waals surface area contributed by atoms with Crippen molar-refractivity contribution in [2.45, 2.75) is 19.8 Å². The summed E-state index contributed by atoms with van der Waals surface area (Å²) < 4.78 is 13.2. The SMILES string of the molecule is CC(C)C(C(=O)O)c1ccc(-c2cccc(F)c2)cc1. The minimum absolute atomic E-state index is 0.0209. The van der Waals surface area contributed by atoms with Crippen LogP contribution in [-0.4, -0.2) is 11.1 Å². The molecule has 0 spiro atoms. The Morgan fingerprint density at radius 2 is 1.70 bits per heavy atom. The molecule has 1 unspecified atom stereocenters. The van der Waals surface area contributed by atoms with E-state index >= 15 is 0 Å². The third-order valence-electron chi connectivity index (χ3n) is 3.36. The molecule has 0 aliphatic rings. The normalized spacial score (nSPS) is 12.4. The molecule has 0 bridgehead atoms. The molecule has 0 amide bonds. The second-order valence-corrected chi connectivity index (χ2v) is 5.19. The lowest BCUT2D eigenvalue weighted by Crippen LogP contribution is -2.17. The summed E-state index contributed by atoms with van der Waals surface area (Å²) in [7, 11) is 0. The van der Waals surface area contributed by atoms with Crippen molar-refractivity contribution in [1.29, 1.82) is 0 Å². The zero-order valence-electron chi connectivity index (χ0n) is 11.5. The molecule has 1 N–H and O–H groups in total. The number of hydrogen-bond acceptors (Lipinski definition) is 1. The highest BCUT2D eigenvalue weighted by Crippen LogP contribution is 2.27. The van der Waals surface area contributed by atoms with Crippen LogP contribution in [0.4, 0.5) is 4.39 Å². The van der Waals surface area contributed by atoms with E-state index in [4.69, 9.17) is 0 Å². The van der Waals surface area contributed by atoms with Gasteiger partial charge in [0, 0.05) is 0 Å². The summed E-state index contributed by atoms with van der Waals surface area (Å²) in [5.74, 6) is -1.60. The zero-order chi connectivity index (χ0) is 14.7. The first kappa shape index (κ1) is 14.3. The van der Waals surface area contributed by atoms with Crippen LogP contribution >= 0.6 is 0 Å². The Bertz CT molecular complexity index is 603. The first-order valence-electron chi connectivity index (χ1n) is 6.57. The molecule has 2 aromatic rings. The summed E-state index contributed by atoms with van der Waals surface area (Å²) >= 11 is 0. The molecule has 3 heteroatoms. The van der Waals surface area contributed by atoms with Gasteiger partial charge in [0.25, 0.3) is 0 Å². The second-order valence-electron chi connectivity index (χ2n) is 5.19. The van der Waals surface area contributed by atoms with E-state index in [2.05, 4.69) is 0 Å². The van der Waals surface area contributed by atoms with E-state index in [0.29, 0.717) is 0 Å². The molecule has 2 nitrogen and oxygen atoms in total. The van der Waals surface area contributed by atoms with Crippen LogP contribution < -0.4 is 0 Å². The average Bonchev–Trinajstić information content (AvgIpc) is 2.38. The number of halogens is 1. The van der Waals surface area contributed by atoms with Crippen molar-refractivity contribution in [3.05, 3.63) is 59.9 Å². The number of aliphatic carboxylic acids is 1. The Hall–Kier alpha value is -2.16. The van der Waals surface area contributed by atoms with Crippen LogP contribution in [-0.2, 0) is 4.79 Å². The maximum Gasteiger partial charge on any atom is 0.311 e. The lowest BCUT2D eigenvalue weighted by atomic mass is 9.88. The van der Waals surface area contributed by atoms with Gasteiger partial charge < -0.3 is 5.11 Å². The number of carbonyl (C=O) groups is 1. The van der Waals surface area contributed by atoms with E-state index in [-0.39, 0.29) is 11.7 Å². The van der Waals surface area contributed by atoms with Crippen molar-refractivity contribution in [2.24, 2.45) is 5.92 Å². The summed E-state index contributed by atoms with van der Waals surface area (Å²) in [4.78, 5) is 11.3. The van der Waals surface area contributed by atoms with Crippen molar-refractivity contribution in [2.75, 3.05) is 0 Å². The van der Waals surface area contributed by atoms with Gasteiger partial charge in [0.2, 0.25) is 0 Å². The van der Waals surface area contributed by atoms with Gasteiger partial charge in [0.1, 0.15) is 5.82 Å². The van der Waals surface area contributed by atoms with E-state index in [9.17, 15) is 14.3 Å². The van der Waals surface area contributed by atoms with Gasteiger partial charge in [-0.1, -0.05) is 50.2 Å². The summed E-state index contributed by atoms with van der Waals surface area (Å²) in [6.45, 7) is 3.78. The molecule has 0 saturated heterocycles. The molecule has 104 valence electrons. The van der Waals surface area contributed by atoms with Crippen molar-refractivity contribution in [3.63, 3.8) is 0 Å². The minimum atomic E-state index is -0.821. The summed E-state index contributed by atoms with van der Waals surface area (Å²) in [5.41, 5.74) is 2.43. The average molecular weight is 272 g/mol. The molecule has 1 atom stereocenters. The van der Waals surface area contributed by atoms with Crippen molar-refractivity contribution >= 4 is 5.97 Å². The predicted molar refractivity (Wildman–Crippen MR) is 77.1 cm³/mol. The highest BCUT2D eigenvalue weighted by Gasteiger charge is 2.23. The first-order valence-corrected chi connectivity index (χ1v) is 6.57. The molecule has 0 heterocycles. The third-order valence-corrected chi connectivity index (χ3v) is 3.36. The van der Waals surface area contributed by atoms with E-state index in [0.717, 1.165) is 16.7 Å². The Morgan fingerprint density at radius 1 is 1.05 bits per heavy atom.